The predicted molar refractivity (Wildman–Crippen MR) is 97.5 cm³/mol. The SMILES string of the molecule is N#Cc1cc(Oc2ncc(Cl)cc2F)ccc1-c1nnn(C[C@@H](N)CC(=O)O)n1. The molecule has 0 bridgehead atoms. The van der Waals surface area contributed by atoms with Crippen LogP contribution >= 0.6 is 11.6 Å². The highest BCUT2D eigenvalue weighted by Gasteiger charge is 2.16. The van der Waals surface area contributed by atoms with Crippen LogP contribution in [0.2, 0.25) is 5.02 Å². The van der Waals surface area contributed by atoms with Gasteiger partial charge in [-0.25, -0.2) is 9.37 Å². The van der Waals surface area contributed by atoms with E-state index in [0.717, 1.165) is 10.9 Å². The highest BCUT2D eigenvalue weighted by atomic mass is 35.5. The van der Waals surface area contributed by atoms with Gasteiger partial charge in [0.2, 0.25) is 5.82 Å². The van der Waals surface area contributed by atoms with E-state index in [1.165, 1.54) is 24.4 Å². The standard InChI is InChI=1S/C17H13ClFN7O3/c18-10-4-14(19)17(22-7-10)29-12-1-2-13(9(3-12)6-20)16-23-25-26(24-16)8-11(21)5-15(27)28/h1-4,7,11H,5,8,21H2,(H,27,28)/t11-/m0/s1. The zero-order chi connectivity index (χ0) is 21.0. The van der Waals surface area contributed by atoms with Crippen molar-refractivity contribution in [1.82, 2.24) is 25.2 Å². The fourth-order valence-corrected chi connectivity index (χ4v) is 2.53. The number of halogens is 2. The minimum Gasteiger partial charge on any atom is -0.481 e. The number of rotatable bonds is 7. The third kappa shape index (κ3) is 5.01. The molecular weight excluding hydrogens is 405 g/mol. The summed E-state index contributed by atoms with van der Waals surface area (Å²) in [6, 6.07) is 6.73. The molecule has 0 spiro atoms. The monoisotopic (exact) mass is 417 g/mol. The maximum Gasteiger partial charge on any atom is 0.304 e. The van der Waals surface area contributed by atoms with Gasteiger partial charge in [0.1, 0.15) is 11.8 Å². The lowest BCUT2D eigenvalue weighted by Crippen LogP contribution is -2.30. The van der Waals surface area contributed by atoms with Crippen molar-refractivity contribution in [2.24, 2.45) is 5.73 Å². The first-order chi connectivity index (χ1) is 13.9. The molecule has 3 N–H and O–H groups in total. The van der Waals surface area contributed by atoms with E-state index < -0.39 is 17.8 Å². The van der Waals surface area contributed by atoms with Crippen molar-refractivity contribution in [2.45, 2.75) is 19.0 Å². The number of tetrazole rings is 1. The molecule has 0 amide bonds. The van der Waals surface area contributed by atoms with Gasteiger partial charge in [0.15, 0.2) is 5.82 Å². The summed E-state index contributed by atoms with van der Waals surface area (Å²) >= 11 is 5.65. The quantitative estimate of drug-likeness (QED) is 0.587. The molecule has 1 aromatic carbocycles. The number of carboxylic acids is 1. The number of aromatic nitrogens is 5. The normalized spacial score (nSPS) is 11.7. The van der Waals surface area contributed by atoms with Gasteiger partial charge in [-0.1, -0.05) is 11.6 Å². The van der Waals surface area contributed by atoms with Crippen LogP contribution in [0.4, 0.5) is 4.39 Å². The van der Waals surface area contributed by atoms with Crippen LogP contribution in [-0.4, -0.2) is 42.3 Å². The molecule has 3 rings (SSSR count). The van der Waals surface area contributed by atoms with Gasteiger partial charge in [-0.3, -0.25) is 4.79 Å². The molecule has 3 aromatic rings. The third-order valence-corrected chi connectivity index (χ3v) is 3.84. The number of benzene rings is 1. The number of aliphatic carboxylic acids is 1. The van der Waals surface area contributed by atoms with E-state index in [2.05, 4.69) is 20.4 Å². The van der Waals surface area contributed by atoms with Gasteiger partial charge < -0.3 is 15.6 Å². The second kappa shape index (κ2) is 8.59. The molecule has 0 saturated heterocycles. The summed E-state index contributed by atoms with van der Waals surface area (Å²) in [5.41, 5.74) is 6.22. The Hall–Kier alpha value is -3.62. The van der Waals surface area contributed by atoms with Crippen molar-refractivity contribution >= 4 is 17.6 Å². The molecule has 0 aliphatic rings. The van der Waals surface area contributed by atoms with E-state index >= 15 is 0 Å². The minimum atomic E-state index is -1.04. The van der Waals surface area contributed by atoms with Crippen LogP contribution in [-0.2, 0) is 11.3 Å². The summed E-state index contributed by atoms with van der Waals surface area (Å²) in [5, 5.41) is 30.1. The first kappa shape index (κ1) is 20.1. The van der Waals surface area contributed by atoms with Crippen LogP contribution in [0.5, 0.6) is 11.6 Å². The maximum absolute atomic E-state index is 13.8. The largest absolute Gasteiger partial charge is 0.481 e. The minimum absolute atomic E-state index is 0.0455. The summed E-state index contributed by atoms with van der Waals surface area (Å²) in [6.07, 6.45) is 0.985. The van der Waals surface area contributed by atoms with Crippen LogP contribution in [0.25, 0.3) is 11.4 Å². The molecule has 0 aliphatic heterocycles. The number of nitrogens with two attached hydrogens (primary N) is 1. The number of nitrogens with zero attached hydrogens (tertiary/aromatic N) is 6. The van der Waals surface area contributed by atoms with E-state index in [0.29, 0.717) is 5.56 Å². The fraction of sp³-hybridized carbons (Fsp3) is 0.176. The maximum atomic E-state index is 13.8. The summed E-state index contributed by atoms with van der Waals surface area (Å²) < 4.78 is 19.2. The Kier molecular flexibility index (Phi) is 5.96. The van der Waals surface area contributed by atoms with Crippen molar-refractivity contribution in [3.05, 3.63) is 46.9 Å². The molecule has 2 heterocycles. The Balaban J connectivity index is 1.81. The van der Waals surface area contributed by atoms with Gasteiger partial charge in [-0.05, 0) is 29.5 Å². The number of nitriles is 1. The lowest BCUT2D eigenvalue weighted by molar-refractivity contribution is -0.137. The Morgan fingerprint density at radius 3 is 2.93 bits per heavy atom. The van der Waals surface area contributed by atoms with Crippen LogP contribution in [0.1, 0.15) is 12.0 Å². The lowest BCUT2D eigenvalue weighted by Gasteiger charge is -2.08. The molecule has 0 aliphatic carbocycles. The Bertz CT molecular complexity index is 1100. The average Bonchev–Trinajstić information content (AvgIpc) is 3.11. The van der Waals surface area contributed by atoms with Crippen molar-refractivity contribution in [3.63, 3.8) is 0 Å². The van der Waals surface area contributed by atoms with E-state index in [1.54, 1.807) is 0 Å². The molecule has 10 nitrogen and oxygen atoms in total. The summed E-state index contributed by atoms with van der Waals surface area (Å²) in [7, 11) is 0. The smallest absolute Gasteiger partial charge is 0.304 e. The molecular formula is C17H13ClFN7O3. The van der Waals surface area contributed by atoms with Crippen molar-refractivity contribution in [3.8, 4) is 29.1 Å². The van der Waals surface area contributed by atoms with Gasteiger partial charge in [0.05, 0.1) is 23.6 Å². The molecule has 1 atom stereocenters. The highest BCUT2D eigenvalue weighted by molar-refractivity contribution is 6.30. The molecule has 0 unspecified atom stereocenters. The number of carboxylic acid groups (broad SMARTS) is 1. The number of carbonyl (C=O) groups is 1. The molecule has 0 radical (unpaired) electrons. The Morgan fingerprint density at radius 1 is 1.45 bits per heavy atom. The summed E-state index contributed by atoms with van der Waals surface area (Å²) in [5.74, 6) is -1.75. The molecule has 0 fully saturated rings. The van der Waals surface area contributed by atoms with Gasteiger partial charge in [0.25, 0.3) is 5.88 Å². The van der Waals surface area contributed by atoms with Gasteiger partial charge in [0, 0.05) is 17.8 Å². The summed E-state index contributed by atoms with van der Waals surface area (Å²) in [6.45, 7) is 0.0455. The van der Waals surface area contributed by atoms with Crippen molar-refractivity contribution < 1.29 is 19.0 Å². The molecule has 2 aromatic heterocycles. The topological polar surface area (TPSA) is 153 Å². The lowest BCUT2D eigenvalue weighted by atomic mass is 10.1. The predicted octanol–water partition coefficient (Wildman–Crippen LogP) is 1.99. The number of pyridine rings is 1. The first-order valence-corrected chi connectivity index (χ1v) is 8.52. The second-order valence-corrected chi connectivity index (χ2v) is 6.32. The van der Waals surface area contributed by atoms with Crippen LogP contribution in [0, 0.1) is 17.1 Å². The molecule has 0 saturated carbocycles. The number of ether oxygens (including phenoxy) is 1. The van der Waals surface area contributed by atoms with E-state index in [1.807, 2.05) is 6.07 Å². The van der Waals surface area contributed by atoms with Crippen LogP contribution < -0.4 is 10.5 Å². The number of hydrogen-bond acceptors (Lipinski definition) is 8. The van der Waals surface area contributed by atoms with E-state index in [4.69, 9.17) is 27.2 Å². The second-order valence-electron chi connectivity index (χ2n) is 5.89. The fourth-order valence-electron chi connectivity index (χ4n) is 2.39. The van der Waals surface area contributed by atoms with E-state index in [9.17, 15) is 14.4 Å². The van der Waals surface area contributed by atoms with Crippen LogP contribution in [0.15, 0.2) is 30.5 Å². The molecule has 12 heteroatoms. The first-order valence-electron chi connectivity index (χ1n) is 8.14. The molecule has 148 valence electrons. The highest BCUT2D eigenvalue weighted by Crippen LogP contribution is 2.28. The zero-order valence-corrected chi connectivity index (χ0v) is 15.4. The number of hydrogen-bond donors (Lipinski definition) is 2. The van der Waals surface area contributed by atoms with Crippen molar-refractivity contribution in [2.75, 3.05) is 0 Å². The Labute approximate surface area is 168 Å². The average molecular weight is 418 g/mol. The van der Waals surface area contributed by atoms with E-state index in [-0.39, 0.29) is 41.0 Å². The molecule has 29 heavy (non-hydrogen) atoms. The van der Waals surface area contributed by atoms with Gasteiger partial charge >= 0.3 is 5.97 Å². The third-order valence-electron chi connectivity index (χ3n) is 3.63. The van der Waals surface area contributed by atoms with Gasteiger partial charge in [-0.15, -0.1) is 10.2 Å². The summed E-state index contributed by atoms with van der Waals surface area (Å²) in [4.78, 5) is 15.6. The van der Waals surface area contributed by atoms with Crippen LogP contribution in [0.3, 0.4) is 0 Å². The Morgan fingerprint density at radius 2 is 2.24 bits per heavy atom. The van der Waals surface area contributed by atoms with Gasteiger partial charge in [-0.2, -0.15) is 10.1 Å². The zero-order valence-electron chi connectivity index (χ0n) is 14.7. The van der Waals surface area contributed by atoms with Crippen molar-refractivity contribution in [1.29, 1.82) is 5.26 Å².